The van der Waals surface area contributed by atoms with E-state index in [1.165, 1.54) is 0 Å². The van der Waals surface area contributed by atoms with E-state index in [9.17, 15) is 4.79 Å². The Morgan fingerprint density at radius 1 is 1.36 bits per heavy atom. The van der Waals surface area contributed by atoms with E-state index in [2.05, 4.69) is 32.0 Å². The molecule has 0 bridgehead atoms. The van der Waals surface area contributed by atoms with Gasteiger partial charge < -0.3 is 10.2 Å². The van der Waals surface area contributed by atoms with Crippen molar-refractivity contribution < 1.29 is 4.79 Å². The van der Waals surface area contributed by atoms with Crippen LogP contribution in [0.1, 0.15) is 19.8 Å². The lowest BCUT2D eigenvalue weighted by atomic mass is 10.2. The van der Waals surface area contributed by atoms with E-state index in [-0.39, 0.29) is 11.9 Å². The first kappa shape index (κ1) is 16.8. The minimum absolute atomic E-state index is 0.0576. The average Bonchev–Trinajstić information content (AvgIpc) is 3.13. The second kappa shape index (κ2) is 7.70. The summed E-state index contributed by atoms with van der Waals surface area (Å²) in [5, 5.41) is 11.1. The molecule has 3 rings (SSSR count). The van der Waals surface area contributed by atoms with Gasteiger partial charge in [0, 0.05) is 30.2 Å². The van der Waals surface area contributed by atoms with Crippen LogP contribution < -0.4 is 5.32 Å². The standard InChI is InChI=1S/C19H21N5O/c1-3-6-14(2)24-12-5-8-17(24)19(25)21-18-10-9-16(22-23-18)15-7-4-11-20-13-15/h3-4,6-7,9-11,13,17H,1,5,8,12H2,2H3,(H,21,23,25). The number of carbonyl (C=O) groups excluding carboxylic acids is 1. The van der Waals surface area contributed by atoms with Gasteiger partial charge in [-0.1, -0.05) is 12.7 Å². The zero-order valence-corrected chi connectivity index (χ0v) is 14.2. The zero-order valence-electron chi connectivity index (χ0n) is 14.2. The third-order valence-electron chi connectivity index (χ3n) is 4.24. The number of likely N-dealkylation sites (tertiary alicyclic amines) is 1. The summed E-state index contributed by atoms with van der Waals surface area (Å²) in [6, 6.07) is 7.17. The second-order valence-corrected chi connectivity index (χ2v) is 5.93. The molecule has 1 aliphatic rings. The quantitative estimate of drug-likeness (QED) is 0.851. The topological polar surface area (TPSA) is 71.0 Å². The molecule has 0 aromatic carbocycles. The summed E-state index contributed by atoms with van der Waals surface area (Å²) in [5.74, 6) is 0.396. The fourth-order valence-electron chi connectivity index (χ4n) is 3.00. The maximum absolute atomic E-state index is 12.6. The summed E-state index contributed by atoms with van der Waals surface area (Å²) < 4.78 is 0. The second-order valence-electron chi connectivity index (χ2n) is 5.93. The van der Waals surface area contributed by atoms with Crippen LogP contribution >= 0.6 is 0 Å². The predicted molar refractivity (Wildman–Crippen MR) is 97.6 cm³/mol. The van der Waals surface area contributed by atoms with Crippen molar-refractivity contribution in [2.45, 2.75) is 25.8 Å². The van der Waals surface area contributed by atoms with Crippen LogP contribution in [-0.4, -0.2) is 38.6 Å². The van der Waals surface area contributed by atoms with Gasteiger partial charge >= 0.3 is 0 Å². The monoisotopic (exact) mass is 335 g/mol. The highest BCUT2D eigenvalue weighted by atomic mass is 16.2. The Balaban J connectivity index is 1.68. The van der Waals surface area contributed by atoms with Gasteiger partial charge in [0.1, 0.15) is 6.04 Å². The van der Waals surface area contributed by atoms with Crippen molar-refractivity contribution in [1.82, 2.24) is 20.1 Å². The highest BCUT2D eigenvalue weighted by molar-refractivity contribution is 5.94. The molecule has 6 heteroatoms. The molecule has 25 heavy (non-hydrogen) atoms. The highest BCUT2D eigenvalue weighted by Crippen LogP contribution is 2.23. The van der Waals surface area contributed by atoms with Gasteiger partial charge in [-0.3, -0.25) is 9.78 Å². The Kier molecular flexibility index (Phi) is 5.18. The third kappa shape index (κ3) is 3.91. The molecule has 2 aromatic heterocycles. The summed E-state index contributed by atoms with van der Waals surface area (Å²) in [6.07, 6.45) is 8.93. The minimum atomic E-state index is -0.184. The van der Waals surface area contributed by atoms with E-state index in [0.29, 0.717) is 5.82 Å². The normalized spacial score (nSPS) is 17.4. The van der Waals surface area contributed by atoms with Crippen LogP contribution in [0.25, 0.3) is 11.3 Å². The maximum atomic E-state index is 12.6. The van der Waals surface area contributed by atoms with Crippen LogP contribution in [0.2, 0.25) is 0 Å². The number of aromatic nitrogens is 3. The molecule has 1 aliphatic heterocycles. The van der Waals surface area contributed by atoms with Gasteiger partial charge in [-0.15, -0.1) is 10.2 Å². The SMILES string of the molecule is C=CC=C(C)N1CCCC1C(=O)Nc1ccc(-c2cccnc2)nn1. The molecule has 1 unspecified atom stereocenters. The Bertz CT molecular complexity index is 770. The molecular weight excluding hydrogens is 314 g/mol. The van der Waals surface area contributed by atoms with Crippen molar-refractivity contribution in [3.63, 3.8) is 0 Å². The molecule has 0 aliphatic carbocycles. The number of rotatable bonds is 5. The van der Waals surface area contributed by atoms with E-state index in [1.807, 2.05) is 31.2 Å². The van der Waals surface area contributed by atoms with E-state index < -0.39 is 0 Å². The molecule has 6 nitrogen and oxygen atoms in total. The molecule has 3 heterocycles. The number of anilines is 1. The number of hydrogen-bond donors (Lipinski definition) is 1. The lowest BCUT2D eigenvalue weighted by Gasteiger charge is -2.26. The number of amides is 1. The summed E-state index contributed by atoms with van der Waals surface area (Å²) in [4.78, 5) is 18.8. The molecule has 0 saturated carbocycles. The van der Waals surface area contributed by atoms with Crippen molar-refractivity contribution in [2.24, 2.45) is 0 Å². The fourth-order valence-corrected chi connectivity index (χ4v) is 3.00. The van der Waals surface area contributed by atoms with Gasteiger partial charge in [0.2, 0.25) is 5.91 Å². The van der Waals surface area contributed by atoms with Crippen LogP contribution in [-0.2, 0) is 4.79 Å². The zero-order chi connectivity index (χ0) is 17.6. The van der Waals surface area contributed by atoms with Crippen LogP contribution in [0.3, 0.4) is 0 Å². The molecule has 1 fully saturated rings. The van der Waals surface area contributed by atoms with E-state index in [0.717, 1.165) is 36.3 Å². The van der Waals surface area contributed by atoms with Gasteiger partial charge in [-0.2, -0.15) is 0 Å². The molecule has 1 N–H and O–H groups in total. The molecule has 2 aromatic rings. The van der Waals surface area contributed by atoms with E-state index in [1.54, 1.807) is 24.5 Å². The Hall–Kier alpha value is -3.02. The van der Waals surface area contributed by atoms with Crippen molar-refractivity contribution in [3.8, 4) is 11.3 Å². The molecule has 1 saturated heterocycles. The van der Waals surface area contributed by atoms with Crippen LogP contribution in [0.15, 0.2) is 61.1 Å². The van der Waals surface area contributed by atoms with Crippen molar-refractivity contribution in [1.29, 1.82) is 0 Å². The Labute approximate surface area is 147 Å². The minimum Gasteiger partial charge on any atom is -0.363 e. The lowest BCUT2D eigenvalue weighted by molar-refractivity contribution is -0.119. The highest BCUT2D eigenvalue weighted by Gasteiger charge is 2.30. The summed E-state index contributed by atoms with van der Waals surface area (Å²) in [6.45, 7) is 6.59. The first-order chi connectivity index (χ1) is 12.2. The lowest BCUT2D eigenvalue weighted by Crippen LogP contribution is -2.38. The number of pyridine rings is 1. The van der Waals surface area contributed by atoms with Crippen LogP contribution in [0, 0.1) is 0 Å². The number of carbonyl (C=O) groups is 1. The Morgan fingerprint density at radius 2 is 2.24 bits per heavy atom. The molecule has 128 valence electrons. The summed E-state index contributed by atoms with van der Waals surface area (Å²) >= 11 is 0. The largest absolute Gasteiger partial charge is 0.363 e. The predicted octanol–water partition coefficient (Wildman–Crippen LogP) is 3.03. The molecule has 0 radical (unpaired) electrons. The van der Waals surface area contributed by atoms with Crippen LogP contribution in [0.5, 0.6) is 0 Å². The Morgan fingerprint density at radius 3 is 2.92 bits per heavy atom. The first-order valence-electron chi connectivity index (χ1n) is 8.30. The van der Waals surface area contributed by atoms with Crippen LogP contribution in [0.4, 0.5) is 5.82 Å². The summed E-state index contributed by atoms with van der Waals surface area (Å²) in [7, 11) is 0. The van der Waals surface area contributed by atoms with E-state index in [4.69, 9.17) is 0 Å². The number of nitrogens with one attached hydrogen (secondary N) is 1. The van der Waals surface area contributed by atoms with Crippen molar-refractivity contribution >= 4 is 11.7 Å². The van der Waals surface area contributed by atoms with Gasteiger partial charge in [0.15, 0.2) is 5.82 Å². The average molecular weight is 335 g/mol. The van der Waals surface area contributed by atoms with E-state index >= 15 is 0 Å². The fraction of sp³-hybridized carbons (Fsp3) is 0.263. The molecule has 1 atom stereocenters. The smallest absolute Gasteiger partial charge is 0.248 e. The first-order valence-corrected chi connectivity index (χ1v) is 8.30. The molecule has 1 amide bonds. The molecule has 0 spiro atoms. The van der Waals surface area contributed by atoms with Gasteiger partial charge in [-0.05, 0) is 50.1 Å². The van der Waals surface area contributed by atoms with Gasteiger partial charge in [0.25, 0.3) is 0 Å². The van der Waals surface area contributed by atoms with Gasteiger partial charge in [-0.25, -0.2) is 0 Å². The third-order valence-corrected chi connectivity index (χ3v) is 4.24. The van der Waals surface area contributed by atoms with Gasteiger partial charge in [0.05, 0.1) is 5.69 Å². The van der Waals surface area contributed by atoms with Crippen molar-refractivity contribution in [3.05, 3.63) is 61.1 Å². The summed E-state index contributed by atoms with van der Waals surface area (Å²) in [5.41, 5.74) is 2.66. The number of nitrogens with zero attached hydrogens (tertiary/aromatic N) is 4. The maximum Gasteiger partial charge on any atom is 0.248 e. The molecular formula is C19H21N5O. The number of allylic oxidation sites excluding steroid dienone is 3. The number of hydrogen-bond acceptors (Lipinski definition) is 5. The van der Waals surface area contributed by atoms with Crippen molar-refractivity contribution in [2.75, 3.05) is 11.9 Å².